The van der Waals surface area contributed by atoms with Crippen molar-refractivity contribution >= 4 is 5.82 Å². The number of aromatic nitrogens is 4. The largest absolute Gasteiger partial charge is 0.418 e. The number of fused-ring (bicyclic) bond motifs is 1. The van der Waals surface area contributed by atoms with E-state index in [0.29, 0.717) is 29.9 Å². The van der Waals surface area contributed by atoms with E-state index in [1.165, 1.54) is 5.56 Å². The Labute approximate surface area is 140 Å². The molecular formula is C17H20N6O. The van der Waals surface area contributed by atoms with Crippen LogP contribution in [0.5, 0.6) is 0 Å². The fourth-order valence-corrected chi connectivity index (χ4v) is 3.71. The molecule has 1 atom stereocenters. The Morgan fingerprint density at radius 1 is 1.25 bits per heavy atom. The van der Waals surface area contributed by atoms with Crippen LogP contribution in [0.2, 0.25) is 0 Å². The first kappa shape index (κ1) is 15.1. The molecule has 124 valence electrons. The summed E-state index contributed by atoms with van der Waals surface area (Å²) in [5, 5.41) is 17.0. The maximum absolute atomic E-state index is 9.00. The molecule has 3 heterocycles. The van der Waals surface area contributed by atoms with E-state index in [4.69, 9.17) is 14.7 Å². The Kier molecular flexibility index (Phi) is 3.89. The first-order chi connectivity index (χ1) is 11.7. The monoisotopic (exact) mass is 324 g/mol. The number of aryl methyl sites for hydroxylation is 2. The third-order valence-corrected chi connectivity index (χ3v) is 4.83. The van der Waals surface area contributed by atoms with E-state index in [-0.39, 0.29) is 0 Å². The van der Waals surface area contributed by atoms with Gasteiger partial charge in [-0.3, -0.25) is 0 Å². The molecule has 7 heteroatoms. The molecule has 1 aliphatic heterocycles. The molecule has 24 heavy (non-hydrogen) atoms. The zero-order valence-electron chi connectivity index (χ0n) is 13.8. The summed E-state index contributed by atoms with van der Waals surface area (Å²) < 4.78 is 5.52. The number of nitrogens with zero attached hydrogens (tertiary/aromatic N) is 6. The number of hydrogen-bond acceptors (Lipinski definition) is 7. The van der Waals surface area contributed by atoms with E-state index in [0.717, 1.165) is 56.7 Å². The minimum Gasteiger partial charge on any atom is -0.418 e. The molecule has 0 aromatic carbocycles. The average Bonchev–Trinajstić information content (AvgIpc) is 3.23. The molecule has 1 fully saturated rings. The summed E-state index contributed by atoms with van der Waals surface area (Å²) in [6.07, 6.45) is 5.93. The van der Waals surface area contributed by atoms with Crippen LogP contribution in [0.1, 0.15) is 42.8 Å². The molecule has 2 aromatic rings. The fourth-order valence-electron chi connectivity index (χ4n) is 3.71. The van der Waals surface area contributed by atoms with E-state index in [1.807, 2.05) is 0 Å². The van der Waals surface area contributed by atoms with Gasteiger partial charge in [-0.1, -0.05) is 0 Å². The lowest BCUT2D eigenvalue weighted by atomic mass is 9.95. The summed E-state index contributed by atoms with van der Waals surface area (Å²) in [5.74, 6) is 2.85. The molecule has 0 unspecified atom stereocenters. The van der Waals surface area contributed by atoms with Crippen LogP contribution < -0.4 is 4.90 Å². The smallest absolute Gasteiger partial charge is 0.285 e. The second kappa shape index (κ2) is 6.19. The quantitative estimate of drug-likeness (QED) is 0.856. The van der Waals surface area contributed by atoms with Crippen molar-refractivity contribution in [3.05, 3.63) is 17.1 Å². The Morgan fingerprint density at radius 2 is 2.17 bits per heavy atom. The summed E-state index contributed by atoms with van der Waals surface area (Å²) >= 11 is 0. The second-order valence-corrected chi connectivity index (χ2v) is 6.59. The molecule has 0 N–H and O–H groups in total. The van der Waals surface area contributed by atoms with Crippen LogP contribution in [0.3, 0.4) is 0 Å². The number of hydrogen-bond donors (Lipinski definition) is 0. The fraction of sp³-hybridized carbons (Fsp3) is 0.588. The molecule has 0 radical (unpaired) electrons. The highest BCUT2D eigenvalue weighted by molar-refractivity contribution is 5.56. The van der Waals surface area contributed by atoms with Gasteiger partial charge in [-0.25, -0.2) is 9.97 Å². The lowest BCUT2D eigenvalue weighted by molar-refractivity contribution is 0.419. The zero-order valence-corrected chi connectivity index (χ0v) is 13.8. The number of rotatable bonds is 3. The normalized spacial score (nSPS) is 20.0. The van der Waals surface area contributed by atoms with Crippen molar-refractivity contribution in [2.24, 2.45) is 5.92 Å². The van der Waals surface area contributed by atoms with Gasteiger partial charge >= 0.3 is 0 Å². The lowest BCUT2D eigenvalue weighted by Gasteiger charge is -2.33. The summed E-state index contributed by atoms with van der Waals surface area (Å²) in [5.41, 5.74) is 2.36. The SMILES string of the molecule is Cc1nnc(-c2nc3c(c(N4CCC[C@@H](CC#N)C4)n2)CCC3)o1. The van der Waals surface area contributed by atoms with Crippen LogP contribution in [-0.2, 0) is 12.8 Å². The maximum atomic E-state index is 9.00. The highest BCUT2D eigenvalue weighted by Gasteiger charge is 2.28. The van der Waals surface area contributed by atoms with Crippen molar-refractivity contribution in [1.82, 2.24) is 20.2 Å². The molecule has 0 spiro atoms. The van der Waals surface area contributed by atoms with E-state index < -0.39 is 0 Å². The van der Waals surface area contributed by atoms with Crippen LogP contribution >= 0.6 is 0 Å². The Bertz CT molecular complexity index is 793. The van der Waals surface area contributed by atoms with E-state index in [2.05, 4.69) is 26.2 Å². The molecular weight excluding hydrogens is 304 g/mol. The third kappa shape index (κ3) is 2.73. The highest BCUT2D eigenvalue weighted by Crippen LogP contribution is 2.33. The van der Waals surface area contributed by atoms with Gasteiger partial charge in [-0.2, -0.15) is 5.26 Å². The lowest BCUT2D eigenvalue weighted by Crippen LogP contribution is -2.36. The van der Waals surface area contributed by atoms with Gasteiger partial charge in [0, 0.05) is 37.7 Å². The molecule has 2 aliphatic rings. The van der Waals surface area contributed by atoms with E-state index in [1.54, 1.807) is 6.92 Å². The summed E-state index contributed by atoms with van der Waals surface area (Å²) in [4.78, 5) is 11.8. The first-order valence-corrected chi connectivity index (χ1v) is 8.56. The number of anilines is 1. The van der Waals surface area contributed by atoms with Crippen LogP contribution in [0.25, 0.3) is 11.7 Å². The molecule has 0 bridgehead atoms. The Balaban J connectivity index is 1.72. The van der Waals surface area contributed by atoms with Gasteiger partial charge in [0.25, 0.3) is 5.89 Å². The molecule has 1 saturated heterocycles. The standard InChI is InChI=1S/C17H20N6O/c1-11-21-22-17(24-11)15-19-14-6-2-5-13(14)16(20-15)23-9-3-4-12(10-23)7-8-18/h12H,2-7,9-10H2,1H3/t12-/m0/s1. The molecule has 0 saturated carbocycles. The van der Waals surface area contributed by atoms with Gasteiger partial charge in [0.1, 0.15) is 5.82 Å². The summed E-state index contributed by atoms with van der Waals surface area (Å²) in [7, 11) is 0. The molecule has 2 aromatic heterocycles. The van der Waals surface area contributed by atoms with Gasteiger partial charge in [0.15, 0.2) is 0 Å². The minimum atomic E-state index is 0.383. The average molecular weight is 324 g/mol. The van der Waals surface area contributed by atoms with Crippen molar-refractivity contribution in [1.29, 1.82) is 5.26 Å². The minimum absolute atomic E-state index is 0.383. The van der Waals surface area contributed by atoms with Gasteiger partial charge in [-0.05, 0) is 38.0 Å². The van der Waals surface area contributed by atoms with Gasteiger partial charge in [-0.15, -0.1) is 10.2 Å². The number of piperidine rings is 1. The molecule has 7 nitrogen and oxygen atoms in total. The maximum Gasteiger partial charge on any atom is 0.285 e. The van der Waals surface area contributed by atoms with Crippen LogP contribution in [0.4, 0.5) is 5.82 Å². The third-order valence-electron chi connectivity index (χ3n) is 4.83. The predicted octanol–water partition coefficient (Wildman–Crippen LogP) is 2.45. The topological polar surface area (TPSA) is 91.7 Å². The first-order valence-electron chi connectivity index (χ1n) is 8.56. The van der Waals surface area contributed by atoms with Crippen molar-refractivity contribution in [2.45, 2.75) is 45.4 Å². The van der Waals surface area contributed by atoms with Gasteiger partial charge in [0.2, 0.25) is 11.7 Å². The summed E-state index contributed by atoms with van der Waals surface area (Å²) in [6, 6.07) is 2.31. The zero-order chi connectivity index (χ0) is 16.5. The second-order valence-electron chi connectivity index (χ2n) is 6.59. The molecule has 4 rings (SSSR count). The van der Waals surface area contributed by atoms with E-state index >= 15 is 0 Å². The van der Waals surface area contributed by atoms with Crippen molar-refractivity contribution in [3.63, 3.8) is 0 Å². The van der Waals surface area contributed by atoms with Crippen LogP contribution in [0.15, 0.2) is 4.42 Å². The molecule has 0 amide bonds. The van der Waals surface area contributed by atoms with Crippen molar-refractivity contribution in [3.8, 4) is 17.8 Å². The van der Waals surface area contributed by atoms with Crippen molar-refractivity contribution in [2.75, 3.05) is 18.0 Å². The van der Waals surface area contributed by atoms with E-state index in [9.17, 15) is 0 Å². The van der Waals surface area contributed by atoms with Crippen LogP contribution in [0, 0.1) is 24.2 Å². The highest BCUT2D eigenvalue weighted by atomic mass is 16.4. The summed E-state index contributed by atoms with van der Waals surface area (Å²) in [6.45, 7) is 3.63. The Morgan fingerprint density at radius 3 is 2.96 bits per heavy atom. The predicted molar refractivity (Wildman–Crippen MR) is 87.3 cm³/mol. The van der Waals surface area contributed by atoms with Gasteiger partial charge in [0.05, 0.1) is 6.07 Å². The van der Waals surface area contributed by atoms with Crippen molar-refractivity contribution < 1.29 is 4.42 Å². The van der Waals surface area contributed by atoms with Gasteiger partial charge < -0.3 is 9.32 Å². The number of nitriles is 1. The Hall–Kier alpha value is -2.49. The van der Waals surface area contributed by atoms with Crippen LogP contribution in [-0.4, -0.2) is 33.3 Å². The molecule has 1 aliphatic carbocycles.